The van der Waals surface area contributed by atoms with E-state index < -0.39 is 5.97 Å². The van der Waals surface area contributed by atoms with E-state index in [0.717, 1.165) is 5.56 Å². The molecule has 0 unspecified atom stereocenters. The average Bonchev–Trinajstić information content (AvgIpc) is 3.12. The molecule has 0 spiro atoms. The van der Waals surface area contributed by atoms with E-state index in [2.05, 4.69) is 5.32 Å². The van der Waals surface area contributed by atoms with Gasteiger partial charge in [0.05, 0.1) is 20.1 Å². The Morgan fingerprint density at radius 3 is 2.46 bits per heavy atom. The highest BCUT2D eigenvalue weighted by Crippen LogP contribution is 2.36. The Hall–Kier alpha value is -2.83. The van der Waals surface area contributed by atoms with Crippen LogP contribution < -0.4 is 10.1 Å². The van der Waals surface area contributed by atoms with Crippen LogP contribution in [0.5, 0.6) is 5.75 Å². The Labute approximate surface area is 171 Å². The first kappa shape index (κ1) is 19.9. The minimum Gasteiger partial charge on any atom is -0.493 e. The number of hydrogen-bond acceptors (Lipinski definition) is 5. The van der Waals surface area contributed by atoms with Crippen molar-refractivity contribution in [3.63, 3.8) is 0 Å². The molecule has 1 N–H and O–H groups in total. The average molecular weight is 416 g/mol. The highest BCUT2D eigenvalue weighted by atomic mass is 35.5. The number of rotatable bonds is 7. The number of anilines is 1. The first-order valence-electron chi connectivity index (χ1n) is 8.52. The number of hydrogen-bond donors (Lipinski definition) is 1. The summed E-state index contributed by atoms with van der Waals surface area (Å²) in [5.41, 5.74) is 1.82. The number of benzene rings is 2. The zero-order valence-corrected chi connectivity index (χ0v) is 16.7. The fraction of sp³-hybridized carbons (Fsp3) is 0.143. The van der Waals surface area contributed by atoms with Gasteiger partial charge in [0.1, 0.15) is 16.3 Å². The molecule has 0 aliphatic rings. The summed E-state index contributed by atoms with van der Waals surface area (Å²) >= 11 is 7.21. The number of methoxy groups -OCH3 is 1. The van der Waals surface area contributed by atoms with Gasteiger partial charge in [0, 0.05) is 16.0 Å². The van der Waals surface area contributed by atoms with Crippen LogP contribution in [0.15, 0.2) is 60.0 Å². The second-order valence-corrected chi connectivity index (χ2v) is 7.13. The Kier molecular flexibility index (Phi) is 6.68. The molecule has 1 heterocycles. The molecular formula is C21H18ClNO4S. The molecule has 3 rings (SSSR count). The number of halogens is 1. The van der Waals surface area contributed by atoms with Gasteiger partial charge < -0.3 is 14.8 Å². The molecule has 0 saturated heterocycles. The lowest BCUT2D eigenvalue weighted by atomic mass is 10.0. The molecule has 3 aromatic rings. The predicted molar refractivity (Wildman–Crippen MR) is 111 cm³/mol. The first-order valence-corrected chi connectivity index (χ1v) is 9.77. The molecule has 0 fully saturated rings. The quantitative estimate of drug-likeness (QED) is 0.534. The lowest BCUT2D eigenvalue weighted by Gasteiger charge is -2.09. The number of para-hydroxylation sites is 1. The van der Waals surface area contributed by atoms with Gasteiger partial charge in [-0.3, -0.25) is 4.79 Å². The highest BCUT2D eigenvalue weighted by molar-refractivity contribution is 7.15. The molecular weight excluding hydrogens is 398 g/mol. The summed E-state index contributed by atoms with van der Waals surface area (Å²) < 4.78 is 10.4. The van der Waals surface area contributed by atoms with Crippen LogP contribution in [-0.2, 0) is 9.53 Å². The number of thiophene rings is 1. The van der Waals surface area contributed by atoms with Gasteiger partial charge in [0.2, 0.25) is 5.91 Å². The van der Waals surface area contributed by atoms with Crippen molar-refractivity contribution in [1.29, 1.82) is 0 Å². The van der Waals surface area contributed by atoms with Crippen LogP contribution >= 0.6 is 22.9 Å². The maximum absolute atomic E-state index is 12.3. The zero-order chi connectivity index (χ0) is 19.9. The van der Waals surface area contributed by atoms with E-state index in [0.29, 0.717) is 26.9 Å². The summed E-state index contributed by atoms with van der Waals surface area (Å²) in [6, 6.07) is 16.4. The molecule has 28 heavy (non-hydrogen) atoms. The van der Waals surface area contributed by atoms with Crippen molar-refractivity contribution in [2.24, 2.45) is 0 Å². The van der Waals surface area contributed by atoms with E-state index >= 15 is 0 Å². The fourth-order valence-corrected chi connectivity index (χ4v) is 3.66. The van der Waals surface area contributed by atoms with Gasteiger partial charge in [0.25, 0.3) is 0 Å². The van der Waals surface area contributed by atoms with Crippen LogP contribution in [0, 0.1) is 0 Å². The lowest BCUT2D eigenvalue weighted by Crippen LogP contribution is -2.16. The van der Waals surface area contributed by atoms with Gasteiger partial charge in [0.15, 0.2) is 0 Å². The van der Waals surface area contributed by atoms with Crippen molar-refractivity contribution >= 4 is 39.8 Å². The summed E-state index contributed by atoms with van der Waals surface area (Å²) in [7, 11) is 1.31. The molecule has 0 aliphatic carbocycles. The second-order valence-electron chi connectivity index (χ2n) is 5.81. The van der Waals surface area contributed by atoms with E-state index in [4.69, 9.17) is 21.1 Å². The number of esters is 1. The van der Waals surface area contributed by atoms with E-state index in [1.165, 1.54) is 18.4 Å². The summed E-state index contributed by atoms with van der Waals surface area (Å²) in [6.45, 7) is 0.235. The van der Waals surface area contributed by atoms with Crippen molar-refractivity contribution in [3.8, 4) is 16.9 Å². The Bertz CT molecular complexity index is 954. The third-order valence-electron chi connectivity index (χ3n) is 3.93. The number of nitrogens with one attached hydrogen (secondary N) is 1. The molecule has 0 bridgehead atoms. The van der Waals surface area contributed by atoms with Crippen molar-refractivity contribution < 1.29 is 19.1 Å². The van der Waals surface area contributed by atoms with Crippen LogP contribution in [0.3, 0.4) is 0 Å². The van der Waals surface area contributed by atoms with Gasteiger partial charge >= 0.3 is 5.97 Å². The Morgan fingerprint density at radius 1 is 1.07 bits per heavy atom. The van der Waals surface area contributed by atoms with E-state index in [1.54, 1.807) is 12.1 Å². The molecule has 1 aromatic heterocycles. The molecule has 1 amide bonds. The van der Waals surface area contributed by atoms with Crippen LogP contribution in [0.2, 0.25) is 5.02 Å². The lowest BCUT2D eigenvalue weighted by molar-refractivity contribution is -0.116. The fourth-order valence-electron chi connectivity index (χ4n) is 2.56. The first-order chi connectivity index (χ1) is 13.6. The van der Waals surface area contributed by atoms with E-state index in [1.807, 2.05) is 47.8 Å². The van der Waals surface area contributed by atoms with Gasteiger partial charge in [-0.2, -0.15) is 0 Å². The summed E-state index contributed by atoms with van der Waals surface area (Å²) in [5.74, 6) is -0.0562. The van der Waals surface area contributed by atoms with Crippen molar-refractivity contribution in [3.05, 3.63) is 70.6 Å². The number of ether oxygens (including phenoxy) is 2. The van der Waals surface area contributed by atoms with E-state index in [9.17, 15) is 9.59 Å². The molecule has 144 valence electrons. The molecule has 5 nitrogen and oxygen atoms in total. The van der Waals surface area contributed by atoms with Crippen molar-refractivity contribution in [2.45, 2.75) is 6.42 Å². The monoisotopic (exact) mass is 415 g/mol. The Balaban J connectivity index is 1.71. The smallest absolute Gasteiger partial charge is 0.341 e. The minimum absolute atomic E-state index is 0.156. The van der Waals surface area contributed by atoms with Gasteiger partial charge in [-0.05, 0) is 29.8 Å². The standard InChI is InChI=1S/C21H18ClNO4S/c1-26-21(25)19-17(14-7-9-15(22)10-8-14)13-28-20(19)23-18(24)11-12-27-16-5-3-2-4-6-16/h2-10,13H,11-12H2,1H3,(H,23,24). The van der Waals surface area contributed by atoms with E-state index in [-0.39, 0.29) is 18.9 Å². The maximum atomic E-state index is 12.3. The molecule has 7 heteroatoms. The number of carbonyl (C=O) groups excluding carboxylic acids is 2. The third kappa shape index (κ3) is 4.91. The molecule has 0 radical (unpaired) electrons. The molecule has 0 saturated carbocycles. The predicted octanol–water partition coefficient (Wildman–Crippen LogP) is 5.26. The summed E-state index contributed by atoms with van der Waals surface area (Å²) in [5, 5.41) is 5.65. The van der Waals surface area contributed by atoms with Crippen molar-refractivity contribution in [1.82, 2.24) is 0 Å². The van der Waals surface area contributed by atoms with Crippen LogP contribution in [-0.4, -0.2) is 25.6 Å². The molecule has 0 atom stereocenters. The maximum Gasteiger partial charge on any atom is 0.341 e. The van der Waals surface area contributed by atoms with Crippen LogP contribution in [0.25, 0.3) is 11.1 Å². The van der Waals surface area contributed by atoms with Crippen LogP contribution in [0.4, 0.5) is 5.00 Å². The van der Waals surface area contributed by atoms with Gasteiger partial charge in [-0.15, -0.1) is 11.3 Å². The Morgan fingerprint density at radius 2 is 1.79 bits per heavy atom. The largest absolute Gasteiger partial charge is 0.493 e. The second kappa shape index (κ2) is 9.39. The zero-order valence-electron chi connectivity index (χ0n) is 15.1. The number of amides is 1. The highest BCUT2D eigenvalue weighted by Gasteiger charge is 2.22. The van der Waals surface area contributed by atoms with Gasteiger partial charge in [-0.25, -0.2) is 4.79 Å². The molecule has 2 aromatic carbocycles. The topological polar surface area (TPSA) is 64.6 Å². The normalized spacial score (nSPS) is 10.4. The summed E-state index contributed by atoms with van der Waals surface area (Å²) in [4.78, 5) is 24.6. The minimum atomic E-state index is -0.512. The SMILES string of the molecule is COC(=O)c1c(-c2ccc(Cl)cc2)csc1NC(=O)CCOc1ccccc1. The third-order valence-corrected chi connectivity index (χ3v) is 5.08. The van der Waals surface area contributed by atoms with Gasteiger partial charge in [-0.1, -0.05) is 41.9 Å². The number of carbonyl (C=O) groups is 2. The van der Waals surface area contributed by atoms with Crippen LogP contribution in [0.1, 0.15) is 16.8 Å². The summed E-state index contributed by atoms with van der Waals surface area (Å²) in [6.07, 6.45) is 0.156. The molecule has 0 aliphatic heterocycles. The van der Waals surface area contributed by atoms with Crippen molar-refractivity contribution in [2.75, 3.05) is 19.0 Å².